The normalized spacial score (nSPS) is 24.9. The molecular weight excluding hydrogens is 723 g/mol. The molecule has 1 saturated heterocycles. The molecule has 0 spiro atoms. The quantitative estimate of drug-likeness (QED) is 0.249. The van der Waals surface area contributed by atoms with E-state index in [1.165, 1.54) is 22.3 Å². The number of sulfonamides is 1. The number of carbonyl (C=O) groups is 4. The molecule has 2 heterocycles. The lowest BCUT2D eigenvalue weighted by Gasteiger charge is -2.35. The maximum Gasteiger partial charge on any atom is 0.408 e. The monoisotopic (exact) mass is 771 g/mol. The van der Waals surface area contributed by atoms with Crippen molar-refractivity contribution in [3.63, 3.8) is 0 Å². The molecule has 3 aliphatic carbocycles. The Balaban J connectivity index is 1.29. The van der Waals surface area contributed by atoms with Gasteiger partial charge in [-0.3, -0.25) is 19.1 Å². The van der Waals surface area contributed by atoms with Gasteiger partial charge in [-0.1, -0.05) is 32.9 Å². The summed E-state index contributed by atoms with van der Waals surface area (Å²) < 4.78 is 44.4. The molecule has 14 nitrogen and oxygen atoms in total. The van der Waals surface area contributed by atoms with E-state index >= 15 is 0 Å². The molecule has 4 aliphatic rings. The number of hydrogen-bond acceptors (Lipinski definition) is 11. The predicted octanol–water partition coefficient (Wildman–Crippen LogP) is 4.26. The molecule has 3 saturated carbocycles. The Labute approximate surface area is 314 Å². The van der Waals surface area contributed by atoms with Crippen LogP contribution in [0, 0.1) is 11.3 Å². The Morgan fingerprint density at radius 3 is 2.42 bits per heavy atom. The summed E-state index contributed by atoms with van der Waals surface area (Å²) in [4.78, 5) is 61.9. The first-order chi connectivity index (χ1) is 25.1. The predicted molar refractivity (Wildman–Crippen MR) is 198 cm³/mol. The topological polar surface area (TPSA) is 182 Å². The van der Waals surface area contributed by atoms with E-state index in [4.69, 9.17) is 19.2 Å². The van der Waals surface area contributed by atoms with Crippen molar-refractivity contribution in [2.45, 2.75) is 107 Å². The summed E-state index contributed by atoms with van der Waals surface area (Å²) in [7, 11) is -0.787. The second-order valence-corrected chi connectivity index (χ2v) is 18.3. The SMILES string of the molecule is C=C[C@@H]1C[C@]1(NC(=O)[C@@H]1C[C@@H](c2csc(-c3cccc(OC)c3OC)n2)CN1C(=O)[C@@H](NC(=O)OC1CCCC1)C(C)(C)C)C(=O)NS(=O)(=O)C1CC1. The van der Waals surface area contributed by atoms with E-state index in [1.807, 2.05) is 38.3 Å². The molecule has 6 rings (SSSR count). The molecular formula is C37H49N5O9S2. The maximum absolute atomic E-state index is 14.6. The van der Waals surface area contributed by atoms with Crippen LogP contribution in [0.3, 0.4) is 0 Å². The van der Waals surface area contributed by atoms with Crippen molar-refractivity contribution < 1.29 is 41.8 Å². The Kier molecular flexibility index (Phi) is 10.9. The highest BCUT2D eigenvalue weighted by atomic mass is 32.2. The fourth-order valence-corrected chi connectivity index (χ4v) is 9.63. The molecule has 1 aromatic carbocycles. The van der Waals surface area contributed by atoms with Crippen LogP contribution in [-0.2, 0) is 29.1 Å². The van der Waals surface area contributed by atoms with Crippen molar-refractivity contribution in [1.29, 1.82) is 0 Å². The summed E-state index contributed by atoms with van der Waals surface area (Å²) in [5.41, 5.74) is -0.928. The van der Waals surface area contributed by atoms with Gasteiger partial charge in [0.05, 0.1) is 30.7 Å². The van der Waals surface area contributed by atoms with Crippen LogP contribution in [0.2, 0.25) is 0 Å². The second-order valence-electron chi connectivity index (χ2n) is 15.5. The van der Waals surface area contributed by atoms with Crippen molar-refractivity contribution >= 4 is 45.2 Å². The van der Waals surface area contributed by atoms with Gasteiger partial charge in [0, 0.05) is 23.8 Å². The van der Waals surface area contributed by atoms with E-state index in [9.17, 15) is 27.6 Å². The number of likely N-dealkylation sites (tertiary alicyclic amines) is 1. The number of para-hydroxylation sites is 1. The number of hydrogen-bond donors (Lipinski definition) is 3. The third-order valence-electron chi connectivity index (χ3n) is 10.7. The molecule has 1 aliphatic heterocycles. The molecule has 53 heavy (non-hydrogen) atoms. The Morgan fingerprint density at radius 2 is 1.81 bits per heavy atom. The van der Waals surface area contributed by atoms with E-state index in [2.05, 4.69) is 21.9 Å². The molecule has 0 bridgehead atoms. The van der Waals surface area contributed by atoms with Gasteiger partial charge in [0.15, 0.2) is 11.5 Å². The summed E-state index contributed by atoms with van der Waals surface area (Å²) in [5, 5.41) is 7.53. The summed E-state index contributed by atoms with van der Waals surface area (Å²) in [5.74, 6) is -1.75. The third kappa shape index (κ3) is 8.03. The van der Waals surface area contributed by atoms with Crippen LogP contribution in [0.25, 0.3) is 10.6 Å². The smallest absolute Gasteiger partial charge is 0.408 e. The molecule has 16 heteroatoms. The summed E-state index contributed by atoms with van der Waals surface area (Å²) >= 11 is 1.39. The molecule has 1 aromatic heterocycles. The van der Waals surface area contributed by atoms with E-state index in [0.717, 1.165) is 31.2 Å². The Bertz CT molecular complexity index is 1860. The number of rotatable bonds is 13. The van der Waals surface area contributed by atoms with Crippen LogP contribution < -0.4 is 24.8 Å². The number of alkyl carbamates (subject to hydrolysis) is 1. The highest BCUT2D eigenvalue weighted by Gasteiger charge is 2.62. The summed E-state index contributed by atoms with van der Waals surface area (Å²) in [6.45, 7) is 9.35. The van der Waals surface area contributed by atoms with Gasteiger partial charge in [-0.15, -0.1) is 17.9 Å². The number of amides is 4. The zero-order chi connectivity index (χ0) is 38.3. The van der Waals surface area contributed by atoms with Crippen LogP contribution in [0.15, 0.2) is 36.2 Å². The lowest BCUT2D eigenvalue weighted by molar-refractivity contribution is -0.142. The molecule has 2 aromatic rings. The van der Waals surface area contributed by atoms with Crippen molar-refractivity contribution in [2.75, 3.05) is 20.8 Å². The van der Waals surface area contributed by atoms with Gasteiger partial charge in [-0.25, -0.2) is 18.2 Å². The first-order valence-electron chi connectivity index (χ1n) is 18.1. The molecule has 288 valence electrons. The minimum Gasteiger partial charge on any atom is -0.493 e. The van der Waals surface area contributed by atoms with Gasteiger partial charge >= 0.3 is 6.09 Å². The van der Waals surface area contributed by atoms with Crippen LogP contribution in [0.4, 0.5) is 4.79 Å². The number of benzene rings is 1. The third-order valence-corrected chi connectivity index (χ3v) is 13.4. The average molecular weight is 772 g/mol. The number of nitrogens with one attached hydrogen (secondary N) is 3. The lowest BCUT2D eigenvalue weighted by atomic mass is 9.85. The maximum atomic E-state index is 14.6. The average Bonchev–Trinajstić information content (AvgIpc) is 3.88. The summed E-state index contributed by atoms with van der Waals surface area (Å²) in [6, 6.07) is 3.36. The fourth-order valence-electron chi connectivity index (χ4n) is 7.34. The molecule has 3 N–H and O–H groups in total. The van der Waals surface area contributed by atoms with Crippen LogP contribution >= 0.6 is 11.3 Å². The number of thiazole rings is 1. The minimum absolute atomic E-state index is 0.0986. The highest BCUT2D eigenvalue weighted by molar-refractivity contribution is 7.91. The number of ether oxygens (including phenoxy) is 3. The van der Waals surface area contributed by atoms with Gasteiger partial charge < -0.3 is 29.7 Å². The van der Waals surface area contributed by atoms with Crippen molar-refractivity contribution in [3.05, 3.63) is 41.9 Å². The summed E-state index contributed by atoms with van der Waals surface area (Å²) in [6.07, 6.45) is 5.31. The van der Waals surface area contributed by atoms with E-state index in [0.29, 0.717) is 35.0 Å². The molecule has 5 atom stereocenters. The van der Waals surface area contributed by atoms with Gasteiger partial charge in [0.1, 0.15) is 28.7 Å². The van der Waals surface area contributed by atoms with E-state index < -0.39 is 74.0 Å². The first-order valence-corrected chi connectivity index (χ1v) is 20.5. The van der Waals surface area contributed by atoms with E-state index in [-0.39, 0.29) is 25.5 Å². The van der Waals surface area contributed by atoms with Gasteiger partial charge in [0.25, 0.3) is 5.91 Å². The Hall–Kier alpha value is -4.18. The largest absolute Gasteiger partial charge is 0.493 e. The van der Waals surface area contributed by atoms with Crippen molar-refractivity contribution in [2.24, 2.45) is 11.3 Å². The van der Waals surface area contributed by atoms with Crippen LogP contribution in [-0.4, -0.2) is 91.9 Å². The molecule has 0 unspecified atom stereocenters. The molecule has 4 fully saturated rings. The lowest BCUT2D eigenvalue weighted by Crippen LogP contribution is -2.60. The number of nitrogens with zero attached hydrogens (tertiary/aromatic N) is 2. The Morgan fingerprint density at radius 1 is 1.09 bits per heavy atom. The van der Waals surface area contributed by atoms with E-state index in [1.54, 1.807) is 20.3 Å². The zero-order valence-electron chi connectivity index (χ0n) is 30.8. The van der Waals surface area contributed by atoms with Gasteiger partial charge in [-0.2, -0.15) is 0 Å². The van der Waals surface area contributed by atoms with Crippen LogP contribution in [0.5, 0.6) is 11.5 Å². The number of aromatic nitrogens is 1. The molecule has 4 amide bonds. The molecule has 0 radical (unpaired) electrons. The standard InChI is InChI=1S/C37H49N5O9S2/c1-7-22-18-37(22,34(45)41-53(47,48)24-15-16-24)40-31(43)27-17-21(26-20-52-32(38-26)25-13-10-14-28(49-5)29(25)50-6)19-42(27)33(44)30(36(2,3)4)39-35(46)51-23-11-8-9-12-23/h7,10,13-14,20-24,27,30H,1,8-9,11-12,15-19H2,2-6H3,(H,39,46)(H,40,43)(H,41,45)/t21-,22-,27+,30-,37-/m1/s1. The zero-order valence-corrected chi connectivity index (χ0v) is 32.4. The highest BCUT2D eigenvalue weighted by Crippen LogP contribution is 2.46. The second kappa shape index (κ2) is 14.9. The fraction of sp³-hybridized carbons (Fsp3) is 0.595. The van der Waals surface area contributed by atoms with Crippen molar-refractivity contribution in [1.82, 2.24) is 25.2 Å². The first kappa shape index (κ1) is 38.5. The van der Waals surface area contributed by atoms with Crippen molar-refractivity contribution in [3.8, 4) is 22.1 Å². The minimum atomic E-state index is -3.89. The number of carbonyl (C=O) groups excluding carboxylic acids is 4. The van der Waals surface area contributed by atoms with Gasteiger partial charge in [0.2, 0.25) is 21.8 Å². The number of methoxy groups -OCH3 is 2. The van der Waals surface area contributed by atoms with Gasteiger partial charge in [-0.05, 0) is 68.9 Å². The van der Waals surface area contributed by atoms with Crippen LogP contribution in [0.1, 0.15) is 83.7 Å².